The Morgan fingerprint density at radius 2 is 1.73 bits per heavy atom. The summed E-state index contributed by atoms with van der Waals surface area (Å²) in [6.07, 6.45) is 3.68. The van der Waals surface area contributed by atoms with Crippen LogP contribution in [0.5, 0.6) is 0 Å². The van der Waals surface area contributed by atoms with Gasteiger partial charge in [-0.3, -0.25) is 0 Å². The molecule has 0 saturated heterocycles. The summed E-state index contributed by atoms with van der Waals surface area (Å²) in [6.45, 7) is 1.61. The van der Waals surface area contributed by atoms with Gasteiger partial charge in [0.05, 0.1) is 5.69 Å². The molecule has 0 radical (unpaired) electrons. The van der Waals surface area contributed by atoms with E-state index in [-0.39, 0.29) is 24.8 Å². The molecule has 1 saturated carbocycles. The van der Waals surface area contributed by atoms with Crippen molar-refractivity contribution in [2.45, 2.75) is 38.3 Å². The maximum Gasteiger partial charge on any atom is 0.103 e. The van der Waals surface area contributed by atoms with Crippen molar-refractivity contribution < 1.29 is 0 Å². The largest absolute Gasteiger partial charge is 0.387 e. The van der Waals surface area contributed by atoms with Crippen molar-refractivity contribution in [2.24, 2.45) is 16.6 Å². The number of hydrogen-bond donors (Lipinski definition) is 2. The fraction of sp³-hybridized carbons (Fsp3) is 0.350. The molecule has 0 spiro atoms. The summed E-state index contributed by atoms with van der Waals surface area (Å²) in [7, 11) is 0. The Kier molecular flexibility index (Phi) is 7.36. The van der Waals surface area contributed by atoms with Gasteiger partial charge in [-0.1, -0.05) is 42.3 Å². The van der Waals surface area contributed by atoms with Gasteiger partial charge in [0, 0.05) is 24.0 Å². The van der Waals surface area contributed by atoms with E-state index in [1.807, 2.05) is 18.2 Å². The van der Waals surface area contributed by atoms with Crippen LogP contribution in [-0.2, 0) is 13.1 Å². The number of aliphatic imine (C=N–C) groups is 1. The van der Waals surface area contributed by atoms with Crippen LogP contribution in [0.4, 0.5) is 5.69 Å². The summed E-state index contributed by atoms with van der Waals surface area (Å²) in [5.41, 5.74) is 11.1. The zero-order valence-electron chi connectivity index (χ0n) is 14.5. The average molecular weight is 413 g/mol. The first-order chi connectivity index (χ1) is 11.7. The number of nitrogens with two attached hydrogens (primary N) is 1. The Balaban J connectivity index is 0.00000121. The predicted octanol–water partition coefficient (Wildman–Crippen LogP) is 5.36. The second-order valence-electron chi connectivity index (χ2n) is 6.81. The minimum absolute atomic E-state index is 0. The van der Waals surface area contributed by atoms with Crippen LogP contribution in [-0.4, -0.2) is 5.84 Å². The van der Waals surface area contributed by atoms with Crippen molar-refractivity contribution in [3.8, 4) is 0 Å². The van der Waals surface area contributed by atoms with Gasteiger partial charge in [0.1, 0.15) is 5.84 Å². The van der Waals surface area contributed by atoms with E-state index in [1.165, 1.54) is 36.0 Å². The van der Waals surface area contributed by atoms with Gasteiger partial charge in [0.2, 0.25) is 0 Å². The lowest BCUT2D eigenvalue weighted by Crippen LogP contribution is -2.28. The molecular formula is C20H24Cl3N3. The number of rotatable bonds is 4. The summed E-state index contributed by atoms with van der Waals surface area (Å²) in [4.78, 5) is 4.68. The summed E-state index contributed by atoms with van der Waals surface area (Å²) in [5, 5.41) is 4.25. The van der Waals surface area contributed by atoms with Crippen LogP contribution in [0.3, 0.4) is 0 Å². The molecule has 2 aromatic rings. The van der Waals surface area contributed by atoms with Crippen molar-refractivity contribution in [2.75, 3.05) is 0 Å². The van der Waals surface area contributed by atoms with Gasteiger partial charge >= 0.3 is 0 Å². The highest BCUT2D eigenvalue weighted by Crippen LogP contribution is 2.46. The van der Waals surface area contributed by atoms with Gasteiger partial charge in [-0.2, -0.15) is 0 Å². The quantitative estimate of drug-likeness (QED) is 0.710. The van der Waals surface area contributed by atoms with Gasteiger partial charge in [-0.05, 0) is 53.6 Å². The van der Waals surface area contributed by atoms with Crippen LogP contribution in [0.25, 0.3) is 0 Å². The van der Waals surface area contributed by atoms with Crippen molar-refractivity contribution in [1.82, 2.24) is 5.32 Å². The fourth-order valence-corrected chi connectivity index (χ4v) is 4.23. The normalized spacial score (nSPS) is 20.3. The number of nitrogens with zero attached hydrogens (tertiary/aromatic N) is 1. The molecule has 26 heavy (non-hydrogen) atoms. The van der Waals surface area contributed by atoms with E-state index in [9.17, 15) is 0 Å². The van der Waals surface area contributed by atoms with Crippen LogP contribution in [0.1, 0.15) is 41.9 Å². The average Bonchev–Trinajstić information content (AvgIpc) is 3.05. The number of fused-ring (bicyclic) bond motifs is 3. The molecule has 2 aliphatic rings. The number of amidine groups is 1. The van der Waals surface area contributed by atoms with Crippen LogP contribution in [0.15, 0.2) is 47.5 Å². The van der Waals surface area contributed by atoms with Gasteiger partial charge in [0.15, 0.2) is 0 Å². The minimum Gasteiger partial charge on any atom is -0.387 e. The van der Waals surface area contributed by atoms with E-state index in [1.54, 1.807) is 0 Å². The van der Waals surface area contributed by atoms with E-state index >= 15 is 0 Å². The first kappa shape index (κ1) is 21.0. The molecule has 2 atom stereocenters. The van der Waals surface area contributed by atoms with Crippen LogP contribution < -0.4 is 11.1 Å². The van der Waals surface area contributed by atoms with Crippen molar-refractivity contribution in [3.05, 3.63) is 64.2 Å². The third-order valence-electron chi connectivity index (χ3n) is 5.19. The van der Waals surface area contributed by atoms with Crippen LogP contribution in [0, 0.1) is 5.92 Å². The molecule has 1 aliphatic carbocycles. The number of hydrogen-bond acceptors (Lipinski definition) is 3. The zero-order valence-corrected chi connectivity index (χ0v) is 16.8. The Labute approximate surface area is 172 Å². The maximum atomic E-state index is 6.20. The van der Waals surface area contributed by atoms with Gasteiger partial charge < -0.3 is 11.1 Å². The van der Waals surface area contributed by atoms with Crippen molar-refractivity contribution in [1.29, 1.82) is 0 Å². The van der Waals surface area contributed by atoms with E-state index in [4.69, 9.17) is 17.3 Å². The van der Waals surface area contributed by atoms with Gasteiger partial charge in [-0.15, -0.1) is 24.8 Å². The second kappa shape index (κ2) is 9.09. The third-order valence-corrected chi connectivity index (χ3v) is 5.42. The van der Waals surface area contributed by atoms with Crippen LogP contribution in [0.2, 0.25) is 5.02 Å². The first-order valence-electron chi connectivity index (χ1n) is 8.63. The van der Waals surface area contributed by atoms with Crippen LogP contribution >= 0.6 is 36.4 Å². The maximum absolute atomic E-state index is 6.20. The topological polar surface area (TPSA) is 50.4 Å². The number of halogens is 3. The highest BCUT2D eigenvalue weighted by atomic mass is 35.5. The lowest BCUT2D eigenvalue weighted by atomic mass is 9.84. The first-order valence-corrected chi connectivity index (χ1v) is 9.00. The Morgan fingerprint density at radius 3 is 2.50 bits per heavy atom. The molecule has 140 valence electrons. The Hall–Kier alpha value is -1.26. The molecule has 1 heterocycles. The lowest BCUT2D eigenvalue weighted by Gasteiger charge is -2.26. The van der Waals surface area contributed by atoms with E-state index in [2.05, 4.69) is 34.6 Å². The monoisotopic (exact) mass is 411 g/mol. The summed E-state index contributed by atoms with van der Waals surface area (Å²) >= 11 is 6.02. The summed E-state index contributed by atoms with van der Waals surface area (Å²) in [6, 6.07) is 14.6. The Bertz CT molecular complexity index is 792. The standard InChI is InChI=1S/C20H22ClN3.2ClH/c21-15-4-1-3-13(9-15)11-23-12-14-7-8-17-16-5-2-6-18(16)20(22)24-19(17)10-14;;/h1,3-4,7-10,16,18,23H,2,5-6,11-12H2,(H2,22,24);2*1H. The van der Waals surface area contributed by atoms with E-state index in [0.717, 1.165) is 29.6 Å². The smallest absolute Gasteiger partial charge is 0.103 e. The highest BCUT2D eigenvalue weighted by molar-refractivity contribution is 6.30. The van der Waals surface area contributed by atoms with Gasteiger partial charge in [-0.25, -0.2) is 4.99 Å². The van der Waals surface area contributed by atoms with E-state index in [0.29, 0.717) is 11.8 Å². The Morgan fingerprint density at radius 1 is 1.00 bits per heavy atom. The molecule has 1 aliphatic heterocycles. The molecule has 0 amide bonds. The third kappa shape index (κ3) is 4.34. The molecule has 3 nitrogen and oxygen atoms in total. The molecule has 2 unspecified atom stereocenters. The SMILES string of the molecule is Cl.Cl.NC1=Nc2cc(CNCc3cccc(Cl)c3)ccc2C2CCCC12. The number of nitrogens with one attached hydrogen (secondary N) is 1. The summed E-state index contributed by atoms with van der Waals surface area (Å²) < 4.78 is 0. The zero-order chi connectivity index (χ0) is 16.5. The molecule has 6 heteroatoms. The molecule has 1 fully saturated rings. The molecule has 2 aromatic carbocycles. The van der Waals surface area contributed by atoms with Gasteiger partial charge in [0.25, 0.3) is 0 Å². The molecule has 4 rings (SSSR count). The van der Waals surface area contributed by atoms with Crippen molar-refractivity contribution >= 4 is 47.9 Å². The predicted molar refractivity (Wildman–Crippen MR) is 114 cm³/mol. The molecule has 3 N–H and O–H groups in total. The second-order valence-corrected chi connectivity index (χ2v) is 7.24. The number of benzene rings is 2. The summed E-state index contributed by atoms with van der Waals surface area (Å²) in [5.74, 6) is 1.87. The lowest BCUT2D eigenvalue weighted by molar-refractivity contribution is 0.609. The minimum atomic E-state index is 0. The molecular weight excluding hydrogens is 389 g/mol. The molecule has 0 aromatic heterocycles. The fourth-order valence-electron chi connectivity index (χ4n) is 4.02. The van der Waals surface area contributed by atoms with Crippen molar-refractivity contribution in [3.63, 3.8) is 0 Å². The van der Waals surface area contributed by atoms with E-state index < -0.39 is 0 Å². The highest BCUT2D eigenvalue weighted by Gasteiger charge is 2.35. The molecule has 0 bridgehead atoms.